The number of likely N-dealkylation sites (N-methyl/N-ethyl adjacent to an activating group) is 1. The zero-order valence-corrected chi connectivity index (χ0v) is 44.2. The summed E-state index contributed by atoms with van der Waals surface area (Å²) in [5.74, 6) is -0.774. The van der Waals surface area contributed by atoms with E-state index in [1.165, 1.54) is 218 Å². The number of esters is 2. The fraction of sp³-hybridized carbons (Fsp3) is 0.963. The highest BCUT2D eigenvalue weighted by atomic mass is 31.2. The third kappa shape index (κ3) is 50.4. The zero-order valence-electron chi connectivity index (χ0n) is 43.3. The molecule has 0 aliphatic heterocycles. The summed E-state index contributed by atoms with van der Waals surface area (Å²) in [6, 6.07) is 0. The number of quaternary nitrogens is 1. The van der Waals surface area contributed by atoms with Gasteiger partial charge in [0, 0.05) is 12.8 Å². The van der Waals surface area contributed by atoms with Crippen LogP contribution in [0.25, 0.3) is 0 Å². The van der Waals surface area contributed by atoms with Gasteiger partial charge in [-0.25, -0.2) is 4.57 Å². The standard InChI is InChI=1S/C54H108NO8P/c1-6-8-10-12-14-16-18-20-22-24-26-27-28-29-31-32-34-36-38-40-42-44-46-53(56)60-50-52(51-62-64(58,59)61-49-48-55(3,4)5)63-54(57)47-45-43-41-39-37-35-33-30-25-23-21-19-17-15-13-11-9-7-2/h52H,6-51H2,1-5H3/p+1/t52-/m1/s1. The summed E-state index contributed by atoms with van der Waals surface area (Å²) in [4.78, 5) is 35.6. The van der Waals surface area contributed by atoms with Gasteiger partial charge in [0.1, 0.15) is 19.8 Å². The fourth-order valence-electron chi connectivity index (χ4n) is 8.31. The number of carbonyl (C=O) groups excluding carboxylic acids is 2. The Hall–Kier alpha value is -0.990. The number of phosphoric ester groups is 1. The van der Waals surface area contributed by atoms with Crippen molar-refractivity contribution in [3.05, 3.63) is 0 Å². The summed E-state index contributed by atoms with van der Waals surface area (Å²) in [5, 5.41) is 0. The number of ether oxygens (including phenoxy) is 2. The van der Waals surface area contributed by atoms with Gasteiger partial charge in [-0.05, 0) is 12.8 Å². The third-order valence-electron chi connectivity index (χ3n) is 12.6. The van der Waals surface area contributed by atoms with E-state index in [1.807, 2.05) is 21.1 Å². The molecule has 0 aliphatic rings. The number of hydrogen-bond acceptors (Lipinski definition) is 7. The van der Waals surface area contributed by atoms with Crippen LogP contribution in [-0.4, -0.2) is 74.9 Å². The molecule has 0 aromatic heterocycles. The number of rotatable bonds is 52. The lowest BCUT2D eigenvalue weighted by molar-refractivity contribution is -0.870. The highest BCUT2D eigenvalue weighted by Crippen LogP contribution is 2.43. The van der Waals surface area contributed by atoms with Crippen LogP contribution in [0.3, 0.4) is 0 Å². The topological polar surface area (TPSA) is 108 Å². The van der Waals surface area contributed by atoms with Crippen molar-refractivity contribution >= 4 is 19.8 Å². The molecule has 10 heteroatoms. The lowest BCUT2D eigenvalue weighted by atomic mass is 10.0. The largest absolute Gasteiger partial charge is 0.472 e. The molecule has 1 N–H and O–H groups in total. The van der Waals surface area contributed by atoms with Crippen molar-refractivity contribution in [1.82, 2.24) is 0 Å². The average Bonchev–Trinajstić information content (AvgIpc) is 3.25. The van der Waals surface area contributed by atoms with Crippen LogP contribution in [-0.2, 0) is 32.7 Å². The van der Waals surface area contributed by atoms with E-state index in [1.54, 1.807) is 0 Å². The molecule has 0 spiro atoms. The van der Waals surface area contributed by atoms with Gasteiger partial charge in [-0.3, -0.25) is 18.6 Å². The van der Waals surface area contributed by atoms with E-state index >= 15 is 0 Å². The van der Waals surface area contributed by atoms with Crippen LogP contribution in [0.4, 0.5) is 0 Å². The van der Waals surface area contributed by atoms with Crippen molar-refractivity contribution in [3.8, 4) is 0 Å². The van der Waals surface area contributed by atoms with Gasteiger partial charge in [0.2, 0.25) is 0 Å². The van der Waals surface area contributed by atoms with E-state index in [9.17, 15) is 19.0 Å². The van der Waals surface area contributed by atoms with E-state index in [2.05, 4.69) is 13.8 Å². The predicted molar refractivity (Wildman–Crippen MR) is 271 cm³/mol. The molecule has 382 valence electrons. The molecule has 0 aliphatic carbocycles. The van der Waals surface area contributed by atoms with E-state index in [-0.39, 0.29) is 25.6 Å². The molecule has 9 nitrogen and oxygen atoms in total. The Labute approximate surface area is 397 Å². The first-order valence-corrected chi connectivity index (χ1v) is 29.3. The molecule has 0 rings (SSSR count). The first-order valence-electron chi connectivity index (χ1n) is 27.8. The molecular weight excluding hydrogens is 822 g/mol. The predicted octanol–water partition coefficient (Wildman–Crippen LogP) is 16.7. The summed E-state index contributed by atoms with van der Waals surface area (Å²) in [7, 11) is 1.50. The Morgan fingerprint density at radius 2 is 0.703 bits per heavy atom. The molecule has 0 saturated heterocycles. The van der Waals surface area contributed by atoms with Crippen molar-refractivity contribution < 1.29 is 42.1 Å². The molecule has 0 bridgehead atoms. The molecule has 0 heterocycles. The highest BCUT2D eigenvalue weighted by Gasteiger charge is 2.27. The van der Waals surface area contributed by atoms with Crippen LogP contribution in [0.1, 0.15) is 284 Å². The van der Waals surface area contributed by atoms with Gasteiger partial charge in [0.15, 0.2) is 6.10 Å². The van der Waals surface area contributed by atoms with Crippen molar-refractivity contribution in [3.63, 3.8) is 0 Å². The maximum Gasteiger partial charge on any atom is 0.472 e. The SMILES string of the molecule is CCCCCCCCCCCCCCCCCCCCCCCCC(=O)OC[C@H](COP(=O)(O)OCC[N+](C)(C)C)OC(=O)CCCCCCCCCCCCCCCCCCCC. The maximum absolute atomic E-state index is 12.8. The molecule has 0 saturated carbocycles. The minimum atomic E-state index is -4.37. The molecular formula is C54H109NO8P+. The molecule has 0 radical (unpaired) electrons. The summed E-state index contributed by atoms with van der Waals surface area (Å²) in [6.45, 7) is 4.50. The van der Waals surface area contributed by atoms with Crippen molar-refractivity contribution in [2.45, 2.75) is 290 Å². The van der Waals surface area contributed by atoms with E-state index < -0.39 is 26.5 Å². The number of unbranched alkanes of at least 4 members (excludes halogenated alkanes) is 38. The molecule has 2 atom stereocenters. The zero-order chi connectivity index (χ0) is 47.1. The highest BCUT2D eigenvalue weighted by molar-refractivity contribution is 7.47. The smallest absolute Gasteiger partial charge is 0.462 e. The Bertz CT molecular complexity index is 1050. The first-order chi connectivity index (χ1) is 31.0. The summed E-state index contributed by atoms with van der Waals surface area (Å²) >= 11 is 0. The summed E-state index contributed by atoms with van der Waals surface area (Å²) in [5.41, 5.74) is 0. The second-order valence-electron chi connectivity index (χ2n) is 20.3. The monoisotopic (exact) mass is 931 g/mol. The molecule has 0 fully saturated rings. The van der Waals surface area contributed by atoms with Gasteiger partial charge >= 0.3 is 19.8 Å². The average molecular weight is 931 g/mol. The lowest BCUT2D eigenvalue weighted by Crippen LogP contribution is -2.37. The Morgan fingerprint density at radius 3 is 1.00 bits per heavy atom. The van der Waals surface area contributed by atoms with Crippen molar-refractivity contribution in [2.75, 3.05) is 47.5 Å². The Morgan fingerprint density at radius 1 is 0.422 bits per heavy atom. The van der Waals surface area contributed by atoms with Gasteiger partial charge in [-0.1, -0.05) is 258 Å². The Balaban J connectivity index is 4.13. The van der Waals surface area contributed by atoms with E-state index in [0.29, 0.717) is 17.4 Å². The molecule has 64 heavy (non-hydrogen) atoms. The quantitative estimate of drug-likeness (QED) is 0.0278. The van der Waals surface area contributed by atoms with Crippen LogP contribution in [0.5, 0.6) is 0 Å². The summed E-state index contributed by atoms with van der Waals surface area (Å²) < 4.78 is 34.5. The maximum atomic E-state index is 12.8. The van der Waals surface area contributed by atoms with E-state index in [4.69, 9.17) is 18.5 Å². The van der Waals surface area contributed by atoms with Crippen molar-refractivity contribution in [1.29, 1.82) is 0 Å². The second-order valence-corrected chi connectivity index (χ2v) is 21.8. The summed E-state index contributed by atoms with van der Waals surface area (Å²) in [6.07, 6.45) is 51.6. The van der Waals surface area contributed by atoms with Gasteiger partial charge in [0.25, 0.3) is 0 Å². The minimum Gasteiger partial charge on any atom is -0.462 e. The van der Waals surface area contributed by atoms with Crippen molar-refractivity contribution in [2.24, 2.45) is 0 Å². The second kappa shape index (κ2) is 47.1. The minimum absolute atomic E-state index is 0.0373. The van der Waals surface area contributed by atoms with Gasteiger partial charge in [-0.15, -0.1) is 0 Å². The van der Waals surface area contributed by atoms with Gasteiger partial charge in [0.05, 0.1) is 27.7 Å². The Kier molecular flexibility index (Phi) is 46.4. The van der Waals surface area contributed by atoms with Crippen LogP contribution in [0, 0.1) is 0 Å². The number of hydrogen-bond donors (Lipinski definition) is 1. The molecule has 0 aromatic carbocycles. The number of carbonyl (C=O) groups is 2. The van der Waals surface area contributed by atoms with E-state index in [0.717, 1.165) is 38.5 Å². The fourth-order valence-corrected chi connectivity index (χ4v) is 9.05. The van der Waals surface area contributed by atoms with Crippen LogP contribution < -0.4 is 0 Å². The lowest BCUT2D eigenvalue weighted by Gasteiger charge is -2.24. The number of phosphoric acid groups is 1. The molecule has 1 unspecified atom stereocenters. The van der Waals surface area contributed by atoms with Crippen LogP contribution in [0.2, 0.25) is 0 Å². The third-order valence-corrected chi connectivity index (χ3v) is 13.6. The number of nitrogens with zero attached hydrogens (tertiary/aromatic N) is 1. The normalized spacial score (nSPS) is 13.3. The first kappa shape index (κ1) is 63.0. The van der Waals surface area contributed by atoms with Gasteiger partial charge in [-0.2, -0.15) is 0 Å². The molecule has 0 amide bonds. The van der Waals surface area contributed by atoms with Crippen LogP contribution in [0.15, 0.2) is 0 Å². The molecule has 0 aromatic rings. The van der Waals surface area contributed by atoms with Crippen LogP contribution >= 0.6 is 7.82 Å². The van der Waals surface area contributed by atoms with Gasteiger partial charge < -0.3 is 18.9 Å².